The molecule has 3 N–H and O–H groups in total. The molecule has 0 aliphatic heterocycles. The summed E-state index contributed by atoms with van der Waals surface area (Å²) in [5.41, 5.74) is 2.14. The Hall–Kier alpha value is -3.15. The number of anilines is 1. The zero-order valence-corrected chi connectivity index (χ0v) is 14.8. The summed E-state index contributed by atoms with van der Waals surface area (Å²) < 4.78 is 0. The third-order valence-corrected chi connectivity index (χ3v) is 4.45. The lowest BCUT2D eigenvalue weighted by molar-refractivity contribution is -0.119. The predicted octanol–water partition coefficient (Wildman–Crippen LogP) is 3.35. The van der Waals surface area contributed by atoms with Gasteiger partial charge in [0.2, 0.25) is 11.9 Å². The average Bonchev–Trinajstić information content (AvgIpc) is 3.08. The molecular formula is C20H22N4O2. The quantitative estimate of drug-likeness (QED) is 0.637. The lowest BCUT2D eigenvalue weighted by atomic mass is 9.98. The minimum absolute atomic E-state index is 0.0213. The van der Waals surface area contributed by atoms with Gasteiger partial charge in [-0.05, 0) is 30.2 Å². The Morgan fingerprint density at radius 1 is 1.08 bits per heavy atom. The first-order valence-corrected chi connectivity index (χ1v) is 8.70. The van der Waals surface area contributed by atoms with Crippen molar-refractivity contribution in [1.82, 2.24) is 15.3 Å². The molecule has 0 saturated heterocycles. The van der Waals surface area contributed by atoms with Crippen molar-refractivity contribution >= 4 is 28.8 Å². The maximum Gasteiger partial charge on any atom is 0.251 e. The van der Waals surface area contributed by atoms with Crippen molar-refractivity contribution in [3.05, 3.63) is 60.2 Å². The second kappa shape index (κ2) is 7.82. The first-order valence-electron chi connectivity index (χ1n) is 8.70. The number of aromatic amines is 1. The molecule has 1 aromatic heterocycles. The SMILES string of the molecule is CC[C@@H](C)[C@H](NC(=O)c1ccccc1)C(=O)Nc1nc2ccccc2[nH]1. The molecule has 6 heteroatoms. The summed E-state index contributed by atoms with van der Waals surface area (Å²) >= 11 is 0. The number of hydrogen-bond donors (Lipinski definition) is 3. The molecule has 6 nitrogen and oxygen atoms in total. The Labute approximate surface area is 152 Å². The molecule has 0 radical (unpaired) electrons. The van der Waals surface area contributed by atoms with Crippen molar-refractivity contribution in [3.63, 3.8) is 0 Å². The van der Waals surface area contributed by atoms with E-state index in [9.17, 15) is 9.59 Å². The zero-order chi connectivity index (χ0) is 18.5. The summed E-state index contributed by atoms with van der Waals surface area (Å²) in [5.74, 6) is -0.205. The predicted molar refractivity (Wildman–Crippen MR) is 102 cm³/mol. The average molecular weight is 350 g/mol. The van der Waals surface area contributed by atoms with E-state index in [1.807, 2.05) is 44.2 Å². The molecule has 2 aromatic carbocycles. The van der Waals surface area contributed by atoms with Crippen LogP contribution in [0.5, 0.6) is 0 Å². The number of H-pyrrole nitrogens is 1. The summed E-state index contributed by atoms with van der Waals surface area (Å²) in [6, 6.07) is 15.8. The van der Waals surface area contributed by atoms with Crippen molar-refractivity contribution in [1.29, 1.82) is 0 Å². The molecular weight excluding hydrogens is 328 g/mol. The molecule has 0 aliphatic rings. The lowest BCUT2D eigenvalue weighted by Crippen LogP contribution is -2.47. The minimum atomic E-state index is -0.652. The molecule has 134 valence electrons. The van der Waals surface area contributed by atoms with Crippen LogP contribution < -0.4 is 10.6 Å². The van der Waals surface area contributed by atoms with Gasteiger partial charge in [-0.3, -0.25) is 14.9 Å². The molecule has 0 fully saturated rings. The Morgan fingerprint density at radius 3 is 2.46 bits per heavy atom. The first kappa shape index (κ1) is 17.7. The number of rotatable bonds is 6. The standard InChI is InChI=1S/C20H22N4O2/c1-3-13(2)17(23-18(25)14-9-5-4-6-10-14)19(26)24-20-21-15-11-7-8-12-16(15)22-20/h4-13,17H,3H2,1-2H3,(H,23,25)(H2,21,22,24,26)/t13-,17+/m1/s1. The summed E-state index contributed by atoms with van der Waals surface area (Å²) in [6.07, 6.45) is 0.757. The van der Waals surface area contributed by atoms with Crippen LogP contribution in [0.4, 0.5) is 5.95 Å². The van der Waals surface area contributed by atoms with Gasteiger partial charge in [-0.15, -0.1) is 0 Å². The molecule has 0 spiro atoms. The van der Waals surface area contributed by atoms with Gasteiger partial charge in [0.05, 0.1) is 11.0 Å². The molecule has 0 bridgehead atoms. The summed E-state index contributed by atoms with van der Waals surface area (Å²) in [6.45, 7) is 3.93. The fourth-order valence-corrected chi connectivity index (χ4v) is 2.72. The second-order valence-corrected chi connectivity index (χ2v) is 6.29. The Bertz CT molecular complexity index is 871. The molecule has 0 aliphatic carbocycles. The highest BCUT2D eigenvalue weighted by Crippen LogP contribution is 2.15. The van der Waals surface area contributed by atoms with E-state index < -0.39 is 6.04 Å². The van der Waals surface area contributed by atoms with Crippen molar-refractivity contribution in [2.24, 2.45) is 5.92 Å². The molecule has 26 heavy (non-hydrogen) atoms. The number of carbonyl (C=O) groups is 2. The number of imidazole rings is 1. The maximum atomic E-state index is 12.8. The van der Waals surface area contributed by atoms with Crippen LogP contribution >= 0.6 is 0 Å². The van der Waals surface area contributed by atoms with Gasteiger partial charge < -0.3 is 10.3 Å². The van der Waals surface area contributed by atoms with Crippen LogP contribution in [0.2, 0.25) is 0 Å². The number of aromatic nitrogens is 2. The molecule has 1 heterocycles. The van der Waals surface area contributed by atoms with E-state index in [0.717, 1.165) is 17.5 Å². The molecule has 2 amide bonds. The molecule has 0 unspecified atom stereocenters. The minimum Gasteiger partial charge on any atom is -0.340 e. The Morgan fingerprint density at radius 2 is 1.77 bits per heavy atom. The fourth-order valence-electron chi connectivity index (χ4n) is 2.72. The van der Waals surface area contributed by atoms with Gasteiger partial charge in [0, 0.05) is 5.56 Å². The summed E-state index contributed by atoms with van der Waals surface area (Å²) in [7, 11) is 0. The monoisotopic (exact) mass is 350 g/mol. The Kier molecular flexibility index (Phi) is 5.31. The number of benzene rings is 2. The summed E-state index contributed by atoms with van der Waals surface area (Å²) in [5, 5.41) is 5.63. The second-order valence-electron chi connectivity index (χ2n) is 6.29. The number of carbonyl (C=O) groups excluding carboxylic acids is 2. The zero-order valence-electron chi connectivity index (χ0n) is 14.8. The van der Waals surface area contributed by atoms with E-state index in [-0.39, 0.29) is 17.7 Å². The molecule has 0 saturated carbocycles. The van der Waals surface area contributed by atoms with Gasteiger partial charge in [0.15, 0.2) is 0 Å². The van der Waals surface area contributed by atoms with E-state index in [4.69, 9.17) is 0 Å². The van der Waals surface area contributed by atoms with Crippen molar-refractivity contribution in [2.75, 3.05) is 5.32 Å². The lowest BCUT2D eigenvalue weighted by Gasteiger charge is -2.23. The Balaban J connectivity index is 1.76. The van der Waals surface area contributed by atoms with Gasteiger partial charge in [-0.25, -0.2) is 4.98 Å². The third kappa shape index (κ3) is 3.91. The van der Waals surface area contributed by atoms with E-state index in [0.29, 0.717) is 11.5 Å². The van der Waals surface area contributed by atoms with Gasteiger partial charge in [0.25, 0.3) is 5.91 Å². The highest BCUT2D eigenvalue weighted by Gasteiger charge is 2.27. The number of fused-ring (bicyclic) bond motifs is 1. The first-order chi connectivity index (χ1) is 12.6. The molecule has 3 rings (SSSR count). The van der Waals surface area contributed by atoms with Crippen molar-refractivity contribution < 1.29 is 9.59 Å². The van der Waals surface area contributed by atoms with Crippen molar-refractivity contribution in [2.45, 2.75) is 26.3 Å². The smallest absolute Gasteiger partial charge is 0.251 e. The number of nitrogens with one attached hydrogen (secondary N) is 3. The van der Waals surface area contributed by atoms with E-state index in [1.165, 1.54) is 0 Å². The van der Waals surface area contributed by atoms with Crippen LogP contribution in [0.15, 0.2) is 54.6 Å². The van der Waals surface area contributed by atoms with Gasteiger partial charge in [0.1, 0.15) is 6.04 Å². The van der Waals surface area contributed by atoms with Crippen LogP contribution in [0.25, 0.3) is 11.0 Å². The van der Waals surface area contributed by atoms with Gasteiger partial charge >= 0.3 is 0 Å². The van der Waals surface area contributed by atoms with Gasteiger partial charge in [-0.1, -0.05) is 50.6 Å². The highest BCUT2D eigenvalue weighted by atomic mass is 16.2. The van der Waals surface area contributed by atoms with Crippen LogP contribution in [0, 0.1) is 5.92 Å². The van der Waals surface area contributed by atoms with Crippen LogP contribution in [-0.4, -0.2) is 27.8 Å². The van der Waals surface area contributed by atoms with Crippen LogP contribution in [0.1, 0.15) is 30.6 Å². The van der Waals surface area contributed by atoms with Crippen LogP contribution in [0.3, 0.4) is 0 Å². The molecule has 3 aromatic rings. The number of para-hydroxylation sites is 2. The largest absolute Gasteiger partial charge is 0.340 e. The topological polar surface area (TPSA) is 86.9 Å². The number of amides is 2. The van der Waals surface area contributed by atoms with E-state index in [2.05, 4.69) is 20.6 Å². The number of hydrogen-bond acceptors (Lipinski definition) is 3. The third-order valence-electron chi connectivity index (χ3n) is 4.45. The molecule has 2 atom stereocenters. The summed E-state index contributed by atoms with van der Waals surface area (Å²) in [4.78, 5) is 32.7. The fraction of sp³-hybridized carbons (Fsp3) is 0.250. The van der Waals surface area contributed by atoms with Crippen LogP contribution in [-0.2, 0) is 4.79 Å². The maximum absolute atomic E-state index is 12.8. The van der Waals surface area contributed by atoms with Gasteiger partial charge in [-0.2, -0.15) is 0 Å². The number of nitrogens with zero attached hydrogens (tertiary/aromatic N) is 1. The van der Waals surface area contributed by atoms with Crippen molar-refractivity contribution in [3.8, 4) is 0 Å². The van der Waals surface area contributed by atoms with E-state index in [1.54, 1.807) is 24.3 Å². The van der Waals surface area contributed by atoms with E-state index >= 15 is 0 Å². The normalized spacial score (nSPS) is 13.2. The highest BCUT2D eigenvalue weighted by molar-refractivity contribution is 6.01.